The average Bonchev–Trinajstić information content (AvgIpc) is 1.38. The number of nitrogens with zero attached hydrogens (tertiary/aromatic N) is 7. The van der Waals surface area contributed by atoms with E-state index in [0.29, 0.717) is 18.4 Å². The Kier molecular flexibility index (Phi) is 21.9. The summed E-state index contributed by atoms with van der Waals surface area (Å²) in [6.45, 7) is 18.7. The van der Waals surface area contributed by atoms with E-state index < -0.39 is 180 Å². The molecule has 0 bridgehead atoms. The van der Waals surface area contributed by atoms with E-state index in [1.165, 1.54) is 80.7 Å². The Morgan fingerprint density at radius 2 is 1.04 bits per heavy atom. The Labute approximate surface area is 573 Å². The van der Waals surface area contributed by atoms with Gasteiger partial charge in [-0.1, -0.05) is 91.8 Å². The number of hydrogen-bond acceptors (Lipinski definition) is 19. The highest BCUT2D eigenvalue weighted by atomic mass is 16.6. The highest BCUT2D eigenvalue weighted by molar-refractivity contribution is 6.15. The number of carbonyl (C=O) groups is 12. The highest BCUT2D eigenvalue weighted by Gasteiger charge is 2.47. The number of esters is 2. The number of rotatable bonds is 9. The average molecular weight is 1370 g/mol. The lowest BCUT2D eigenvalue weighted by Gasteiger charge is -2.36. The van der Waals surface area contributed by atoms with Crippen molar-refractivity contribution in [3.05, 3.63) is 75.1 Å². The third-order valence-corrected chi connectivity index (χ3v) is 19.2. The summed E-state index contributed by atoms with van der Waals surface area (Å²) in [5, 5.41) is 14.3. The van der Waals surface area contributed by atoms with Crippen LogP contribution < -0.4 is 36.9 Å². The monoisotopic (exact) mass is 1370 g/mol. The van der Waals surface area contributed by atoms with Gasteiger partial charge < -0.3 is 74.6 Å². The van der Waals surface area contributed by atoms with Crippen molar-refractivity contribution in [1.29, 1.82) is 0 Å². The lowest BCUT2D eigenvalue weighted by atomic mass is 9.98. The van der Waals surface area contributed by atoms with Crippen LogP contribution in [0.25, 0.3) is 22.4 Å². The van der Waals surface area contributed by atoms with E-state index in [-0.39, 0.29) is 82.3 Å². The standard InChI is InChI=1S/C70H90N12O17/c1-32(2)47-66(91)81-28-20-24-42(81)64(89)77(13)30-44(83)79(15)55(34(5)6)69(94)96-38(11)49(62(87)73-47)75-60(85)41-27-26-36(9)57-52(41)72-53-46(54-59(37(10)58(53)98-57)99-68(93)51(71-54)40-22-18-17-19-23-40)61(86)76-50-39(12)97-70(95)56(35(7)8)80(16)45(84)31-78(14)65(90)43-25-21-29-82(43)67(92)48(33(3)4)74-63(50)88/h17-19,22-23,26-27,32-35,38-39,42-43,47-50,55-56,72H,20-21,24-25,28-31H2,1-16H3,(H,73,87)(H,74,88)(H,75,85)(H,76,86)/t38-,39-,42+,43+,47+,48+,49+,50+,55-,56-/m1/s1. The van der Waals surface area contributed by atoms with Crippen molar-refractivity contribution in [1.82, 2.24) is 55.7 Å². The minimum atomic E-state index is -1.89. The van der Waals surface area contributed by atoms with E-state index in [2.05, 4.69) is 26.6 Å². The van der Waals surface area contributed by atoms with Crippen LogP contribution in [-0.2, 0) is 57.4 Å². The summed E-state index contributed by atoms with van der Waals surface area (Å²) in [6.07, 6.45) is -1.69. The second-order valence-electron chi connectivity index (χ2n) is 27.8. The normalized spacial score (nSPS) is 25.1. The van der Waals surface area contributed by atoms with Crippen LogP contribution in [0.15, 0.2) is 51.7 Å². The number of nitrogens with one attached hydrogen (secondary N) is 5. The lowest BCUT2D eigenvalue weighted by Crippen LogP contribution is -2.61. The molecular weight excluding hydrogens is 1280 g/mol. The zero-order chi connectivity index (χ0) is 72.7. The fourth-order valence-corrected chi connectivity index (χ4v) is 13.6. The Morgan fingerprint density at radius 1 is 0.576 bits per heavy atom. The van der Waals surface area contributed by atoms with Gasteiger partial charge in [0.2, 0.25) is 47.3 Å². The number of amides is 10. The fraction of sp³-hybridized carbons (Fsp3) is 0.543. The first-order chi connectivity index (χ1) is 46.6. The topological polar surface area (TPSA) is 355 Å². The van der Waals surface area contributed by atoms with E-state index in [4.69, 9.17) is 23.6 Å². The molecule has 0 saturated carbocycles. The van der Waals surface area contributed by atoms with Crippen molar-refractivity contribution >= 4 is 93.5 Å². The zero-order valence-electron chi connectivity index (χ0n) is 58.9. The van der Waals surface area contributed by atoms with E-state index in [1.807, 2.05) is 0 Å². The van der Waals surface area contributed by atoms with Gasteiger partial charge >= 0.3 is 17.6 Å². The molecule has 5 N–H and O–H groups in total. The minimum Gasteiger partial charge on any atom is -0.458 e. The van der Waals surface area contributed by atoms with Crippen LogP contribution in [0, 0.1) is 37.5 Å². The molecule has 0 spiro atoms. The molecule has 0 aliphatic carbocycles. The molecule has 5 aliphatic rings. The number of benzene rings is 3. The fourth-order valence-electron chi connectivity index (χ4n) is 13.6. The second kappa shape index (κ2) is 29.6. The quantitative estimate of drug-likeness (QED) is 0.132. The SMILES string of the molecule is Cc1ccc(C(=O)N[C@@H]2C(=O)N[C@@H](C(C)C)C(=O)N3CCC[C@H]3C(=O)N(C)CC(=O)N(C)[C@H](C(C)C)C(=O)O[C@@H]2C)c2c1Oc1c(c(C(=O)N[C@@H]3C(=O)N[C@@H](C(C)C)C(=O)N4CCC[C@H]4C(=O)N(C)CC(=O)N(C)[C@H](C(C)C)C(=O)O[C@@H]3C)c3nc(-c4ccccc4)c(=O)oc3c1C)N2. The smallest absolute Gasteiger partial charge is 0.363 e. The van der Waals surface area contributed by atoms with Crippen LogP contribution >= 0.6 is 0 Å². The molecule has 5 aliphatic heterocycles. The van der Waals surface area contributed by atoms with Crippen molar-refractivity contribution in [2.24, 2.45) is 23.7 Å². The zero-order valence-corrected chi connectivity index (χ0v) is 58.9. The number of cyclic esters (lactones) is 2. The number of hydrogen-bond donors (Lipinski definition) is 5. The van der Waals surface area contributed by atoms with Crippen molar-refractivity contribution in [2.75, 3.05) is 59.7 Å². The van der Waals surface area contributed by atoms with E-state index in [1.54, 1.807) is 92.6 Å². The Hall–Kier alpha value is -9.96. The molecule has 9 rings (SSSR count). The maximum atomic E-state index is 16.0. The molecule has 1 aromatic heterocycles. The second-order valence-corrected chi connectivity index (χ2v) is 27.8. The van der Waals surface area contributed by atoms with Gasteiger partial charge in [0.15, 0.2) is 22.8 Å². The maximum Gasteiger partial charge on any atom is 0.363 e. The molecule has 6 heterocycles. The van der Waals surface area contributed by atoms with E-state index >= 15 is 19.2 Å². The van der Waals surface area contributed by atoms with Crippen LogP contribution in [-0.4, -0.2) is 220 Å². The summed E-state index contributed by atoms with van der Waals surface area (Å²) in [5.74, 6) is -12.1. The first kappa shape index (κ1) is 73.3. The molecular formula is C70H90N12O17. The summed E-state index contributed by atoms with van der Waals surface area (Å²) in [5.41, 5.74) is -1.89. The first-order valence-electron chi connectivity index (χ1n) is 33.6. The molecule has 29 nitrogen and oxygen atoms in total. The Bertz CT molecular complexity index is 3980. The van der Waals surface area contributed by atoms with Gasteiger partial charge in [0.05, 0.1) is 35.6 Å². The predicted molar refractivity (Wildman–Crippen MR) is 360 cm³/mol. The molecule has 4 aromatic rings. The molecule has 29 heteroatoms. The summed E-state index contributed by atoms with van der Waals surface area (Å²) in [4.78, 5) is 203. The van der Waals surface area contributed by atoms with Crippen molar-refractivity contribution in [3.8, 4) is 22.8 Å². The van der Waals surface area contributed by atoms with Crippen LogP contribution in [0.1, 0.15) is 127 Å². The van der Waals surface area contributed by atoms with Gasteiger partial charge in [-0.2, -0.15) is 0 Å². The van der Waals surface area contributed by atoms with Crippen LogP contribution in [0.2, 0.25) is 0 Å². The van der Waals surface area contributed by atoms with Crippen molar-refractivity contribution < 1.29 is 76.2 Å². The molecule has 4 fully saturated rings. The number of carbonyl (C=O) groups excluding carboxylic acids is 12. The van der Waals surface area contributed by atoms with Gasteiger partial charge in [0.25, 0.3) is 11.8 Å². The molecule has 99 heavy (non-hydrogen) atoms. The van der Waals surface area contributed by atoms with Crippen LogP contribution in [0.5, 0.6) is 11.5 Å². The van der Waals surface area contributed by atoms with Crippen molar-refractivity contribution in [2.45, 2.75) is 169 Å². The van der Waals surface area contributed by atoms with Crippen LogP contribution in [0.3, 0.4) is 0 Å². The van der Waals surface area contributed by atoms with Gasteiger partial charge in [-0.05, 0) is 88.7 Å². The third kappa shape index (κ3) is 14.6. The highest BCUT2D eigenvalue weighted by Crippen LogP contribution is 2.51. The summed E-state index contributed by atoms with van der Waals surface area (Å²) < 4.78 is 24.9. The van der Waals surface area contributed by atoms with Gasteiger partial charge in [-0.25, -0.2) is 19.4 Å². The molecule has 4 saturated heterocycles. The van der Waals surface area contributed by atoms with Gasteiger partial charge in [0.1, 0.15) is 66.1 Å². The predicted octanol–water partition coefficient (Wildman–Crippen LogP) is 3.55. The Balaban J connectivity index is 1.16. The molecule has 0 unspecified atom stereocenters. The van der Waals surface area contributed by atoms with E-state index in [9.17, 15) is 43.2 Å². The molecule has 3 aromatic carbocycles. The van der Waals surface area contributed by atoms with Gasteiger partial charge in [0, 0.05) is 52.4 Å². The number of fused-ring (bicyclic) bond motifs is 5. The van der Waals surface area contributed by atoms with Gasteiger partial charge in [-0.15, -0.1) is 0 Å². The maximum absolute atomic E-state index is 16.0. The Morgan fingerprint density at radius 3 is 1.49 bits per heavy atom. The summed E-state index contributed by atoms with van der Waals surface area (Å²) >= 11 is 0. The molecule has 10 amide bonds. The first-order valence-corrected chi connectivity index (χ1v) is 33.6. The largest absolute Gasteiger partial charge is 0.458 e. The lowest BCUT2D eigenvalue weighted by molar-refractivity contribution is -0.163. The van der Waals surface area contributed by atoms with Crippen molar-refractivity contribution in [3.63, 3.8) is 0 Å². The molecule has 10 atom stereocenters. The molecule has 0 radical (unpaired) electrons. The number of likely N-dealkylation sites (N-methyl/N-ethyl adjacent to an activating group) is 4. The van der Waals surface area contributed by atoms with Crippen LogP contribution in [0.4, 0.5) is 11.4 Å². The van der Waals surface area contributed by atoms with E-state index in [0.717, 1.165) is 9.80 Å². The summed E-state index contributed by atoms with van der Waals surface area (Å²) in [6, 6.07) is 0.298. The molecule has 532 valence electrons. The number of ether oxygens (including phenoxy) is 3. The van der Waals surface area contributed by atoms with Gasteiger partial charge in [-0.3, -0.25) is 47.9 Å². The number of aromatic nitrogens is 1. The number of anilines is 2. The minimum absolute atomic E-state index is 0.000942. The number of aryl methyl sites for hydroxylation is 2. The third-order valence-electron chi connectivity index (χ3n) is 19.2. The summed E-state index contributed by atoms with van der Waals surface area (Å²) in [7, 11) is 5.62.